The molecular formula is C16H28N2O2. The Balaban J connectivity index is 2.51. The monoisotopic (exact) mass is 280 g/mol. The lowest BCUT2D eigenvalue weighted by atomic mass is 10.0. The van der Waals surface area contributed by atoms with Gasteiger partial charge in [-0.15, -0.1) is 0 Å². The number of aliphatic hydroxyl groups is 1. The molecule has 4 heteroatoms. The van der Waals surface area contributed by atoms with Crippen molar-refractivity contribution in [3.63, 3.8) is 0 Å². The van der Waals surface area contributed by atoms with Crippen LogP contribution < -0.4 is 10.1 Å². The SMILES string of the molecule is CC(C)Oc1ccc(C(O)C(C)NCCN(C)C)cc1. The minimum absolute atomic E-state index is 0.0202. The van der Waals surface area contributed by atoms with Crippen LogP contribution in [-0.2, 0) is 0 Å². The predicted octanol–water partition coefficient (Wildman–Crippen LogP) is 2.05. The number of aliphatic hydroxyl groups excluding tert-OH is 1. The molecule has 114 valence electrons. The molecule has 1 aromatic carbocycles. The summed E-state index contributed by atoms with van der Waals surface area (Å²) in [7, 11) is 4.08. The minimum Gasteiger partial charge on any atom is -0.491 e. The first kappa shape index (κ1) is 17.0. The number of hydrogen-bond acceptors (Lipinski definition) is 4. The van der Waals surface area contributed by atoms with Gasteiger partial charge in [0.1, 0.15) is 5.75 Å². The lowest BCUT2D eigenvalue weighted by molar-refractivity contribution is 0.135. The van der Waals surface area contributed by atoms with Crippen LogP contribution in [0.1, 0.15) is 32.4 Å². The van der Waals surface area contributed by atoms with Gasteiger partial charge in [-0.1, -0.05) is 12.1 Å². The van der Waals surface area contributed by atoms with Gasteiger partial charge in [0.2, 0.25) is 0 Å². The maximum Gasteiger partial charge on any atom is 0.119 e. The molecule has 1 aromatic rings. The van der Waals surface area contributed by atoms with E-state index < -0.39 is 6.10 Å². The molecule has 0 spiro atoms. The van der Waals surface area contributed by atoms with Gasteiger partial charge in [-0.05, 0) is 52.6 Å². The van der Waals surface area contributed by atoms with E-state index in [2.05, 4.69) is 10.2 Å². The molecule has 0 saturated heterocycles. The molecular weight excluding hydrogens is 252 g/mol. The Bertz CT molecular complexity index is 377. The second kappa shape index (κ2) is 8.25. The smallest absolute Gasteiger partial charge is 0.119 e. The summed E-state index contributed by atoms with van der Waals surface area (Å²) in [6.45, 7) is 7.82. The highest BCUT2D eigenvalue weighted by Crippen LogP contribution is 2.20. The fourth-order valence-electron chi connectivity index (χ4n) is 1.93. The normalized spacial score (nSPS) is 14.6. The van der Waals surface area contributed by atoms with Crippen LogP contribution in [0.2, 0.25) is 0 Å². The summed E-state index contributed by atoms with van der Waals surface area (Å²) in [4.78, 5) is 2.12. The van der Waals surface area contributed by atoms with E-state index >= 15 is 0 Å². The molecule has 0 fully saturated rings. The molecule has 0 heterocycles. The van der Waals surface area contributed by atoms with Crippen molar-refractivity contribution in [3.8, 4) is 5.75 Å². The predicted molar refractivity (Wildman–Crippen MR) is 83.2 cm³/mol. The topological polar surface area (TPSA) is 44.7 Å². The van der Waals surface area contributed by atoms with E-state index in [4.69, 9.17) is 4.74 Å². The van der Waals surface area contributed by atoms with Crippen LogP contribution in [0.25, 0.3) is 0 Å². The second-order valence-corrected chi connectivity index (χ2v) is 5.73. The fraction of sp³-hybridized carbons (Fsp3) is 0.625. The van der Waals surface area contributed by atoms with Gasteiger partial charge in [-0.2, -0.15) is 0 Å². The van der Waals surface area contributed by atoms with Gasteiger partial charge in [0.25, 0.3) is 0 Å². The molecule has 20 heavy (non-hydrogen) atoms. The minimum atomic E-state index is -0.509. The van der Waals surface area contributed by atoms with Crippen molar-refractivity contribution in [1.29, 1.82) is 0 Å². The van der Waals surface area contributed by atoms with Gasteiger partial charge in [-0.25, -0.2) is 0 Å². The summed E-state index contributed by atoms with van der Waals surface area (Å²) in [5.74, 6) is 0.837. The molecule has 2 unspecified atom stereocenters. The van der Waals surface area contributed by atoms with E-state index in [0.29, 0.717) is 0 Å². The van der Waals surface area contributed by atoms with Gasteiger partial charge in [0.15, 0.2) is 0 Å². The summed E-state index contributed by atoms with van der Waals surface area (Å²) < 4.78 is 5.60. The Morgan fingerprint density at radius 1 is 1.15 bits per heavy atom. The Morgan fingerprint density at radius 3 is 2.25 bits per heavy atom. The zero-order valence-electron chi connectivity index (χ0n) is 13.3. The van der Waals surface area contributed by atoms with E-state index in [0.717, 1.165) is 24.4 Å². The molecule has 2 atom stereocenters. The van der Waals surface area contributed by atoms with Gasteiger partial charge >= 0.3 is 0 Å². The summed E-state index contributed by atoms with van der Waals surface area (Å²) in [6, 6.07) is 7.68. The largest absolute Gasteiger partial charge is 0.491 e. The van der Waals surface area contributed by atoms with Crippen molar-refractivity contribution in [2.45, 2.75) is 39.0 Å². The third-order valence-corrected chi connectivity index (χ3v) is 3.09. The number of hydrogen-bond donors (Lipinski definition) is 2. The van der Waals surface area contributed by atoms with E-state index in [1.807, 2.05) is 59.1 Å². The summed E-state index contributed by atoms with van der Waals surface area (Å²) in [6.07, 6.45) is -0.345. The first-order valence-corrected chi connectivity index (χ1v) is 7.23. The fourth-order valence-corrected chi connectivity index (χ4v) is 1.93. The molecule has 0 aliphatic rings. The van der Waals surface area contributed by atoms with Crippen molar-refractivity contribution >= 4 is 0 Å². The molecule has 2 N–H and O–H groups in total. The quantitative estimate of drug-likeness (QED) is 0.765. The maximum absolute atomic E-state index is 10.3. The van der Waals surface area contributed by atoms with Gasteiger partial charge in [0.05, 0.1) is 12.2 Å². The summed E-state index contributed by atoms with van der Waals surface area (Å²) in [5.41, 5.74) is 0.908. The number of nitrogens with zero attached hydrogens (tertiary/aromatic N) is 1. The number of nitrogens with one attached hydrogen (secondary N) is 1. The van der Waals surface area contributed by atoms with Gasteiger partial charge in [-0.3, -0.25) is 0 Å². The molecule has 0 aliphatic carbocycles. The number of benzene rings is 1. The van der Waals surface area contributed by atoms with Crippen LogP contribution in [0, 0.1) is 0 Å². The van der Waals surface area contributed by atoms with Crippen LogP contribution in [0.4, 0.5) is 0 Å². The van der Waals surface area contributed by atoms with Crippen molar-refractivity contribution in [3.05, 3.63) is 29.8 Å². The zero-order chi connectivity index (χ0) is 15.1. The lowest BCUT2D eigenvalue weighted by Crippen LogP contribution is -2.36. The summed E-state index contributed by atoms with van der Waals surface area (Å²) >= 11 is 0. The highest BCUT2D eigenvalue weighted by Gasteiger charge is 2.15. The molecule has 0 bridgehead atoms. The maximum atomic E-state index is 10.3. The van der Waals surface area contributed by atoms with Crippen molar-refractivity contribution < 1.29 is 9.84 Å². The van der Waals surface area contributed by atoms with E-state index in [9.17, 15) is 5.11 Å². The van der Waals surface area contributed by atoms with Crippen LogP contribution in [0.5, 0.6) is 5.75 Å². The molecule has 0 amide bonds. The Morgan fingerprint density at radius 2 is 1.75 bits per heavy atom. The third-order valence-electron chi connectivity index (χ3n) is 3.09. The first-order chi connectivity index (χ1) is 9.40. The standard InChI is InChI=1S/C16H28N2O2/c1-12(2)20-15-8-6-14(7-9-15)16(19)13(3)17-10-11-18(4)5/h6-9,12-13,16-17,19H,10-11H2,1-5H3. The third kappa shape index (κ3) is 5.90. The molecule has 4 nitrogen and oxygen atoms in total. The molecule has 0 saturated carbocycles. The Hall–Kier alpha value is -1.10. The zero-order valence-corrected chi connectivity index (χ0v) is 13.3. The van der Waals surface area contributed by atoms with Crippen LogP contribution >= 0.6 is 0 Å². The number of ether oxygens (including phenoxy) is 1. The average Bonchev–Trinajstić information content (AvgIpc) is 2.37. The lowest BCUT2D eigenvalue weighted by Gasteiger charge is -2.22. The van der Waals surface area contributed by atoms with Crippen molar-refractivity contribution in [2.75, 3.05) is 27.2 Å². The molecule has 0 aliphatic heterocycles. The average molecular weight is 280 g/mol. The van der Waals surface area contributed by atoms with Crippen molar-refractivity contribution in [1.82, 2.24) is 10.2 Å². The summed E-state index contributed by atoms with van der Waals surface area (Å²) in [5, 5.41) is 13.6. The number of likely N-dealkylation sites (N-methyl/N-ethyl adjacent to an activating group) is 1. The molecule has 0 radical (unpaired) electrons. The molecule has 1 rings (SSSR count). The first-order valence-electron chi connectivity index (χ1n) is 7.23. The van der Waals surface area contributed by atoms with E-state index in [-0.39, 0.29) is 12.1 Å². The Labute approximate surface area is 122 Å². The van der Waals surface area contributed by atoms with Crippen LogP contribution in [0.3, 0.4) is 0 Å². The highest BCUT2D eigenvalue weighted by atomic mass is 16.5. The van der Waals surface area contributed by atoms with Gasteiger partial charge < -0.3 is 20.1 Å². The van der Waals surface area contributed by atoms with E-state index in [1.165, 1.54) is 0 Å². The van der Waals surface area contributed by atoms with Crippen molar-refractivity contribution in [2.24, 2.45) is 0 Å². The van der Waals surface area contributed by atoms with E-state index in [1.54, 1.807) is 0 Å². The second-order valence-electron chi connectivity index (χ2n) is 5.73. The Kier molecular flexibility index (Phi) is 6.99. The highest BCUT2D eigenvalue weighted by molar-refractivity contribution is 5.29. The van der Waals surface area contributed by atoms with Crippen LogP contribution in [0.15, 0.2) is 24.3 Å². The van der Waals surface area contributed by atoms with Gasteiger partial charge in [0, 0.05) is 19.1 Å². The van der Waals surface area contributed by atoms with Crippen LogP contribution in [-0.4, -0.2) is 49.3 Å². The number of rotatable bonds is 8. The molecule has 0 aromatic heterocycles.